The maximum atomic E-state index is 13.2. The summed E-state index contributed by atoms with van der Waals surface area (Å²) in [6.45, 7) is 1.62. The molecule has 0 fully saturated rings. The van der Waals surface area contributed by atoms with Gasteiger partial charge in [-0.3, -0.25) is 9.10 Å². The van der Waals surface area contributed by atoms with Crippen molar-refractivity contribution in [3.8, 4) is 0 Å². The lowest BCUT2D eigenvalue weighted by Gasteiger charge is -2.31. The van der Waals surface area contributed by atoms with Gasteiger partial charge in [-0.05, 0) is 55.8 Å². The Labute approximate surface area is 167 Å². The van der Waals surface area contributed by atoms with E-state index in [0.29, 0.717) is 10.0 Å². The molecule has 2 rings (SSSR count). The first kappa shape index (κ1) is 20.8. The molecule has 0 amide bonds. The van der Waals surface area contributed by atoms with Gasteiger partial charge in [0.2, 0.25) is 0 Å². The average Bonchev–Trinajstić information content (AvgIpc) is 2.56. The van der Waals surface area contributed by atoms with Crippen LogP contribution < -0.4 is 4.31 Å². The van der Waals surface area contributed by atoms with Crippen molar-refractivity contribution in [2.45, 2.75) is 30.7 Å². The van der Waals surface area contributed by atoms with Gasteiger partial charge in [-0.2, -0.15) is 0 Å². The molecule has 1 atom stereocenters. The van der Waals surface area contributed by atoms with E-state index in [4.69, 9.17) is 39.9 Å². The van der Waals surface area contributed by atoms with Gasteiger partial charge in [0.25, 0.3) is 10.0 Å². The lowest BCUT2D eigenvalue weighted by Crippen LogP contribution is -2.39. The molecule has 0 aliphatic heterocycles. The number of aliphatic carboxylic acids is 1. The number of rotatable bonds is 7. The van der Waals surface area contributed by atoms with Gasteiger partial charge in [-0.25, -0.2) is 8.42 Å². The van der Waals surface area contributed by atoms with Gasteiger partial charge < -0.3 is 5.11 Å². The second-order valence-electron chi connectivity index (χ2n) is 5.63. The third kappa shape index (κ3) is 4.82. The zero-order chi connectivity index (χ0) is 19.5. The lowest BCUT2D eigenvalue weighted by atomic mass is 10.1. The fraction of sp³-hybridized carbons (Fsp3) is 0.235. The third-order valence-corrected chi connectivity index (χ3v) is 6.44. The van der Waals surface area contributed by atoms with Gasteiger partial charge >= 0.3 is 5.97 Å². The highest BCUT2D eigenvalue weighted by molar-refractivity contribution is 7.92. The van der Waals surface area contributed by atoms with Gasteiger partial charge in [0.1, 0.15) is 0 Å². The number of nitrogens with zero attached hydrogens (tertiary/aromatic N) is 1. The fourth-order valence-corrected chi connectivity index (χ4v) is 4.68. The number of hydrogen-bond acceptors (Lipinski definition) is 3. The molecule has 5 nitrogen and oxygen atoms in total. The first-order valence-electron chi connectivity index (χ1n) is 7.60. The largest absolute Gasteiger partial charge is 0.481 e. The van der Waals surface area contributed by atoms with Crippen LogP contribution in [-0.4, -0.2) is 25.5 Å². The van der Waals surface area contributed by atoms with Crippen LogP contribution in [0, 0.1) is 0 Å². The zero-order valence-electron chi connectivity index (χ0n) is 13.7. The van der Waals surface area contributed by atoms with E-state index in [1.165, 1.54) is 36.4 Å². The number of benzene rings is 2. The molecular weight excluding hydrogens is 421 g/mol. The minimum atomic E-state index is -4.02. The molecule has 0 saturated heterocycles. The van der Waals surface area contributed by atoms with E-state index in [1.807, 2.05) is 0 Å². The summed E-state index contributed by atoms with van der Waals surface area (Å²) in [5.41, 5.74) is 0.187. The maximum absolute atomic E-state index is 13.2. The first-order valence-corrected chi connectivity index (χ1v) is 10.2. The molecule has 0 aliphatic rings. The Morgan fingerprint density at radius 3 is 2.23 bits per heavy atom. The molecule has 0 aliphatic carbocycles. The summed E-state index contributed by atoms with van der Waals surface area (Å²) in [6, 6.07) is 9.51. The van der Waals surface area contributed by atoms with E-state index in [-0.39, 0.29) is 28.4 Å². The quantitative estimate of drug-likeness (QED) is 0.655. The third-order valence-electron chi connectivity index (χ3n) is 3.69. The molecule has 0 spiro atoms. The molecule has 1 N–H and O–H groups in total. The predicted molar refractivity (Wildman–Crippen MR) is 104 cm³/mol. The minimum absolute atomic E-state index is 0.0140. The van der Waals surface area contributed by atoms with Crippen LogP contribution in [0.1, 0.15) is 19.8 Å². The zero-order valence-corrected chi connectivity index (χ0v) is 16.8. The van der Waals surface area contributed by atoms with E-state index in [0.717, 1.165) is 4.31 Å². The number of carbonyl (C=O) groups is 1. The number of carboxylic acid groups (broad SMARTS) is 1. The van der Waals surface area contributed by atoms with Crippen LogP contribution in [0.2, 0.25) is 15.1 Å². The molecule has 0 unspecified atom stereocenters. The molecule has 26 heavy (non-hydrogen) atoms. The SMILES string of the molecule is C[C@H](CCC(=O)O)N(c1cc(Cl)ccc1Cl)S(=O)(=O)c1ccc(Cl)cc1. The van der Waals surface area contributed by atoms with E-state index in [9.17, 15) is 13.2 Å². The number of halogens is 3. The second-order valence-corrected chi connectivity index (χ2v) is 8.73. The summed E-state index contributed by atoms with van der Waals surface area (Å²) in [7, 11) is -4.02. The van der Waals surface area contributed by atoms with Crippen LogP contribution in [0.3, 0.4) is 0 Å². The molecule has 0 radical (unpaired) electrons. The highest BCUT2D eigenvalue weighted by Gasteiger charge is 2.31. The molecule has 140 valence electrons. The maximum Gasteiger partial charge on any atom is 0.303 e. The van der Waals surface area contributed by atoms with Crippen LogP contribution in [0.4, 0.5) is 5.69 Å². The Kier molecular flexibility index (Phi) is 6.80. The number of sulfonamides is 1. The van der Waals surface area contributed by atoms with Crippen LogP contribution in [0.15, 0.2) is 47.4 Å². The number of hydrogen-bond donors (Lipinski definition) is 1. The first-order chi connectivity index (χ1) is 12.1. The monoisotopic (exact) mass is 435 g/mol. The van der Waals surface area contributed by atoms with Crippen molar-refractivity contribution in [1.82, 2.24) is 0 Å². The fourth-order valence-electron chi connectivity index (χ4n) is 2.43. The molecule has 0 bridgehead atoms. The van der Waals surface area contributed by atoms with Crippen LogP contribution >= 0.6 is 34.8 Å². The summed E-state index contributed by atoms with van der Waals surface area (Å²) in [6.07, 6.45) is -0.0863. The van der Waals surface area contributed by atoms with Gasteiger partial charge in [0.05, 0.1) is 15.6 Å². The predicted octanol–water partition coefficient (Wildman–Crippen LogP) is 5.10. The smallest absolute Gasteiger partial charge is 0.303 e. The highest BCUT2D eigenvalue weighted by Crippen LogP contribution is 2.35. The van der Waals surface area contributed by atoms with E-state index in [1.54, 1.807) is 13.0 Å². The molecule has 2 aromatic carbocycles. The topological polar surface area (TPSA) is 74.7 Å². The van der Waals surface area contributed by atoms with Crippen molar-refractivity contribution >= 4 is 56.5 Å². The minimum Gasteiger partial charge on any atom is -0.481 e. The van der Waals surface area contributed by atoms with Gasteiger partial charge in [0.15, 0.2) is 0 Å². The molecule has 0 aromatic heterocycles. The Hall–Kier alpha value is -1.47. The average molecular weight is 437 g/mol. The Morgan fingerprint density at radius 1 is 1.08 bits per heavy atom. The number of anilines is 1. The van der Waals surface area contributed by atoms with Gasteiger partial charge in [0, 0.05) is 22.5 Å². The van der Waals surface area contributed by atoms with Crippen LogP contribution in [-0.2, 0) is 14.8 Å². The standard InChI is InChI=1S/C17H16Cl3NO4S/c1-11(2-9-17(22)23)21(16-10-13(19)5-8-15(16)20)26(24,25)14-6-3-12(18)4-7-14/h3-8,10-11H,2,9H2,1H3,(H,22,23)/t11-/m1/s1. The van der Waals surface area contributed by atoms with E-state index < -0.39 is 22.0 Å². The normalized spacial score (nSPS) is 12.6. The summed E-state index contributed by atoms with van der Waals surface area (Å²) in [5.74, 6) is -1.02. The van der Waals surface area contributed by atoms with Crippen molar-refractivity contribution in [2.24, 2.45) is 0 Å². The molecular formula is C17H16Cl3NO4S. The van der Waals surface area contributed by atoms with Crippen molar-refractivity contribution < 1.29 is 18.3 Å². The Morgan fingerprint density at radius 2 is 1.65 bits per heavy atom. The van der Waals surface area contributed by atoms with Crippen LogP contribution in [0.5, 0.6) is 0 Å². The Bertz CT molecular complexity index is 901. The van der Waals surface area contributed by atoms with Gasteiger partial charge in [-0.1, -0.05) is 34.8 Å². The van der Waals surface area contributed by atoms with Crippen molar-refractivity contribution in [3.05, 3.63) is 57.5 Å². The summed E-state index contributed by atoms with van der Waals surface area (Å²) in [4.78, 5) is 10.9. The van der Waals surface area contributed by atoms with E-state index in [2.05, 4.69) is 0 Å². The molecule has 9 heteroatoms. The van der Waals surface area contributed by atoms with Crippen molar-refractivity contribution in [2.75, 3.05) is 4.31 Å². The van der Waals surface area contributed by atoms with Gasteiger partial charge in [-0.15, -0.1) is 0 Å². The van der Waals surface area contributed by atoms with Crippen LogP contribution in [0.25, 0.3) is 0 Å². The van der Waals surface area contributed by atoms with Crippen molar-refractivity contribution in [3.63, 3.8) is 0 Å². The van der Waals surface area contributed by atoms with E-state index >= 15 is 0 Å². The summed E-state index contributed by atoms with van der Waals surface area (Å²) < 4.78 is 27.6. The summed E-state index contributed by atoms with van der Waals surface area (Å²) in [5, 5.41) is 9.83. The summed E-state index contributed by atoms with van der Waals surface area (Å²) >= 11 is 18.1. The Balaban J connectivity index is 2.57. The lowest BCUT2D eigenvalue weighted by molar-refractivity contribution is -0.137. The molecule has 0 heterocycles. The van der Waals surface area contributed by atoms with Crippen molar-refractivity contribution in [1.29, 1.82) is 0 Å². The highest BCUT2D eigenvalue weighted by atomic mass is 35.5. The number of carboxylic acids is 1. The second kappa shape index (κ2) is 8.48. The molecule has 0 saturated carbocycles. The molecule has 2 aromatic rings.